The maximum atomic E-state index is 3.79. The minimum absolute atomic E-state index is 0.773. The fourth-order valence-electron chi connectivity index (χ4n) is 3.61. The molecule has 19 heavy (non-hydrogen) atoms. The fourth-order valence-corrected chi connectivity index (χ4v) is 3.61. The van der Waals surface area contributed by atoms with Gasteiger partial charge < -0.3 is 15.1 Å². The zero-order valence-corrected chi connectivity index (χ0v) is 13.0. The summed E-state index contributed by atoms with van der Waals surface area (Å²) in [6, 6.07) is 1.57. The Balaban J connectivity index is 1.61. The number of nitrogens with one attached hydrogen (secondary N) is 1. The van der Waals surface area contributed by atoms with Crippen LogP contribution in [0.2, 0.25) is 0 Å². The van der Waals surface area contributed by atoms with Gasteiger partial charge in [-0.1, -0.05) is 25.7 Å². The molecule has 3 heteroatoms. The van der Waals surface area contributed by atoms with Crippen LogP contribution in [0.1, 0.15) is 51.4 Å². The van der Waals surface area contributed by atoms with Crippen LogP contribution >= 0.6 is 0 Å². The quantitative estimate of drug-likeness (QED) is 0.771. The summed E-state index contributed by atoms with van der Waals surface area (Å²) in [5, 5.41) is 3.79. The van der Waals surface area contributed by atoms with Crippen LogP contribution in [-0.2, 0) is 0 Å². The molecule has 0 aromatic heterocycles. The Morgan fingerprint density at radius 3 is 2.47 bits per heavy atom. The van der Waals surface area contributed by atoms with Crippen LogP contribution < -0.4 is 5.32 Å². The van der Waals surface area contributed by atoms with Gasteiger partial charge in [-0.15, -0.1) is 0 Å². The Kier molecular flexibility index (Phi) is 6.62. The van der Waals surface area contributed by atoms with Gasteiger partial charge in [0, 0.05) is 31.7 Å². The molecule has 2 fully saturated rings. The lowest BCUT2D eigenvalue weighted by Crippen LogP contribution is -2.47. The number of hydrogen-bond donors (Lipinski definition) is 1. The molecule has 1 unspecified atom stereocenters. The standard InChI is InChI=1S/C16H33N3/c1-18-12-7-10-16(14-18)19(2)13-11-17-15-8-5-3-4-6-9-15/h15-17H,3-14H2,1-2H3. The lowest BCUT2D eigenvalue weighted by atomic mass is 10.1. The van der Waals surface area contributed by atoms with Crippen molar-refractivity contribution in [2.45, 2.75) is 63.5 Å². The molecule has 3 nitrogen and oxygen atoms in total. The summed E-state index contributed by atoms with van der Waals surface area (Å²) in [5.74, 6) is 0. The molecular formula is C16H33N3. The summed E-state index contributed by atoms with van der Waals surface area (Å²) in [6.45, 7) is 4.90. The Hall–Kier alpha value is -0.120. The topological polar surface area (TPSA) is 18.5 Å². The third kappa shape index (κ3) is 5.41. The van der Waals surface area contributed by atoms with Crippen LogP contribution in [0.4, 0.5) is 0 Å². The molecule has 2 aliphatic rings. The summed E-state index contributed by atoms with van der Waals surface area (Å²) in [5.41, 5.74) is 0. The number of rotatable bonds is 5. The second kappa shape index (κ2) is 8.23. The first-order valence-corrected chi connectivity index (χ1v) is 8.38. The summed E-state index contributed by atoms with van der Waals surface area (Å²) in [7, 11) is 4.56. The molecule has 1 N–H and O–H groups in total. The maximum absolute atomic E-state index is 3.79. The first-order valence-electron chi connectivity index (χ1n) is 8.38. The van der Waals surface area contributed by atoms with Gasteiger partial charge >= 0.3 is 0 Å². The Morgan fingerprint density at radius 2 is 1.79 bits per heavy atom. The van der Waals surface area contributed by atoms with Gasteiger partial charge in [0.25, 0.3) is 0 Å². The Labute approximate surface area is 119 Å². The van der Waals surface area contributed by atoms with E-state index in [2.05, 4.69) is 29.2 Å². The number of hydrogen-bond acceptors (Lipinski definition) is 3. The van der Waals surface area contributed by atoms with E-state index in [0.29, 0.717) is 0 Å². The normalized spacial score (nSPS) is 27.6. The van der Waals surface area contributed by atoms with E-state index in [1.54, 1.807) is 0 Å². The predicted octanol–water partition coefficient (Wildman–Crippen LogP) is 2.32. The van der Waals surface area contributed by atoms with Crippen LogP contribution in [-0.4, -0.2) is 62.2 Å². The van der Waals surface area contributed by atoms with Crippen LogP contribution in [0, 0.1) is 0 Å². The van der Waals surface area contributed by atoms with Gasteiger partial charge in [-0.3, -0.25) is 0 Å². The highest BCUT2D eigenvalue weighted by atomic mass is 15.2. The first kappa shape index (κ1) is 15.3. The molecule has 0 aromatic carbocycles. The minimum Gasteiger partial charge on any atom is -0.313 e. The van der Waals surface area contributed by atoms with Crippen LogP contribution in [0.15, 0.2) is 0 Å². The second-order valence-electron chi connectivity index (χ2n) is 6.68. The minimum atomic E-state index is 0.773. The number of piperidine rings is 1. The summed E-state index contributed by atoms with van der Waals surface area (Å²) in [6.07, 6.45) is 11.3. The van der Waals surface area contributed by atoms with Crippen LogP contribution in [0.3, 0.4) is 0 Å². The zero-order valence-electron chi connectivity index (χ0n) is 13.0. The lowest BCUT2D eigenvalue weighted by molar-refractivity contribution is 0.134. The van der Waals surface area contributed by atoms with Gasteiger partial charge in [0.2, 0.25) is 0 Å². The molecule has 0 spiro atoms. The van der Waals surface area contributed by atoms with E-state index in [0.717, 1.165) is 12.1 Å². The average Bonchev–Trinajstić information content (AvgIpc) is 2.67. The van der Waals surface area contributed by atoms with Gasteiger partial charge in [-0.2, -0.15) is 0 Å². The van der Waals surface area contributed by atoms with E-state index in [4.69, 9.17) is 0 Å². The van der Waals surface area contributed by atoms with Crippen molar-refractivity contribution in [3.05, 3.63) is 0 Å². The molecule has 1 saturated heterocycles. The highest BCUT2D eigenvalue weighted by Gasteiger charge is 2.20. The van der Waals surface area contributed by atoms with Gasteiger partial charge in [0.15, 0.2) is 0 Å². The van der Waals surface area contributed by atoms with Crippen molar-refractivity contribution in [1.82, 2.24) is 15.1 Å². The summed E-state index contributed by atoms with van der Waals surface area (Å²) in [4.78, 5) is 5.04. The largest absolute Gasteiger partial charge is 0.313 e. The SMILES string of the molecule is CN1CCCC(N(C)CCNC2CCCCCC2)C1. The third-order valence-electron chi connectivity index (χ3n) is 4.98. The smallest absolute Gasteiger partial charge is 0.0221 e. The predicted molar refractivity (Wildman–Crippen MR) is 82.6 cm³/mol. The number of nitrogens with zero attached hydrogens (tertiary/aromatic N) is 2. The number of likely N-dealkylation sites (N-methyl/N-ethyl adjacent to an activating group) is 2. The monoisotopic (exact) mass is 267 g/mol. The van der Waals surface area contributed by atoms with Crippen molar-refractivity contribution in [2.75, 3.05) is 40.3 Å². The summed E-state index contributed by atoms with van der Waals surface area (Å²) < 4.78 is 0. The molecule has 0 aromatic rings. The molecule has 0 amide bonds. The molecule has 1 aliphatic carbocycles. The molecule has 1 aliphatic heterocycles. The van der Waals surface area contributed by atoms with Crippen molar-refractivity contribution in [3.63, 3.8) is 0 Å². The molecule has 0 bridgehead atoms. The molecule has 1 heterocycles. The highest BCUT2D eigenvalue weighted by Crippen LogP contribution is 2.17. The van der Waals surface area contributed by atoms with E-state index < -0.39 is 0 Å². The van der Waals surface area contributed by atoms with E-state index in [9.17, 15) is 0 Å². The van der Waals surface area contributed by atoms with Crippen molar-refractivity contribution in [1.29, 1.82) is 0 Å². The van der Waals surface area contributed by atoms with Gasteiger partial charge in [-0.25, -0.2) is 0 Å². The van der Waals surface area contributed by atoms with Crippen molar-refractivity contribution >= 4 is 0 Å². The van der Waals surface area contributed by atoms with E-state index >= 15 is 0 Å². The van der Waals surface area contributed by atoms with Gasteiger partial charge in [0.1, 0.15) is 0 Å². The average molecular weight is 267 g/mol. The molecule has 1 saturated carbocycles. The Morgan fingerprint density at radius 1 is 1.05 bits per heavy atom. The first-order chi connectivity index (χ1) is 9.25. The molecule has 0 radical (unpaired) electrons. The Bertz CT molecular complexity index is 236. The van der Waals surface area contributed by atoms with E-state index in [1.165, 1.54) is 77.5 Å². The van der Waals surface area contributed by atoms with E-state index in [-0.39, 0.29) is 0 Å². The van der Waals surface area contributed by atoms with E-state index in [1.807, 2.05) is 0 Å². The van der Waals surface area contributed by atoms with Crippen molar-refractivity contribution in [2.24, 2.45) is 0 Å². The second-order valence-corrected chi connectivity index (χ2v) is 6.68. The maximum Gasteiger partial charge on any atom is 0.0221 e. The molecule has 112 valence electrons. The highest BCUT2D eigenvalue weighted by molar-refractivity contribution is 4.78. The molecular weight excluding hydrogens is 234 g/mol. The number of likely N-dealkylation sites (tertiary alicyclic amines) is 1. The van der Waals surface area contributed by atoms with Crippen LogP contribution in [0.5, 0.6) is 0 Å². The van der Waals surface area contributed by atoms with Gasteiger partial charge in [-0.05, 0) is 46.3 Å². The van der Waals surface area contributed by atoms with Crippen molar-refractivity contribution in [3.8, 4) is 0 Å². The van der Waals surface area contributed by atoms with Crippen molar-refractivity contribution < 1.29 is 0 Å². The fraction of sp³-hybridized carbons (Fsp3) is 1.00. The summed E-state index contributed by atoms with van der Waals surface area (Å²) >= 11 is 0. The molecule has 2 rings (SSSR count). The third-order valence-corrected chi connectivity index (χ3v) is 4.98. The van der Waals surface area contributed by atoms with Crippen LogP contribution in [0.25, 0.3) is 0 Å². The zero-order chi connectivity index (χ0) is 13.5. The van der Waals surface area contributed by atoms with Gasteiger partial charge in [0.05, 0.1) is 0 Å². The lowest BCUT2D eigenvalue weighted by Gasteiger charge is -2.36. The molecule has 1 atom stereocenters.